The standard InChI is InChI=1S/C33H58O2/c1-23(2)14-11-15-25(5)16-12-17-26(6)18-13-20-32(9)21-19-29-30(35-32)27(7)28(8)31(34)33(29,10)22-24(3)4/h23-26H,11-22H2,1-10H3/t25-,26-,32-,33?/m1/s1. The Morgan fingerprint density at radius 3 is 1.86 bits per heavy atom. The van der Waals surface area contributed by atoms with Gasteiger partial charge in [0.1, 0.15) is 11.4 Å². The molecule has 0 radical (unpaired) electrons. The van der Waals surface area contributed by atoms with Crippen molar-refractivity contribution in [3.05, 3.63) is 22.5 Å². The van der Waals surface area contributed by atoms with Crippen LogP contribution in [0.15, 0.2) is 22.5 Å². The van der Waals surface area contributed by atoms with Gasteiger partial charge in [0.15, 0.2) is 5.78 Å². The molecule has 0 spiro atoms. The van der Waals surface area contributed by atoms with Crippen LogP contribution in [0.4, 0.5) is 0 Å². The van der Waals surface area contributed by atoms with Crippen molar-refractivity contribution in [2.45, 2.75) is 152 Å². The Bertz CT molecular complexity index is 770. The first-order valence-corrected chi connectivity index (χ1v) is 14.9. The van der Waals surface area contributed by atoms with Gasteiger partial charge in [-0.1, -0.05) is 86.5 Å². The van der Waals surface area contributed by atoms with Crippen LogP contribution >= 0.6 is 0 Å². The third-order valence-electron chi connectivity index (χ3n) is 9.03. The summed E-state index contributed by atoms with van der Waals surface area (Å²) in [4.78, 5) is 13.3. The molecule has 202 valence electrons. The van der Waals surface area contributed by atoms with Gasteiger partial charge >= 0.3 is 0 Å². The van der Waals surface area contributed by atoms with E-state index in [-0.39, 0.29) is 5.60 Å². The lowest BCUT2D eigenvalue weighted by molar-refractivity contribution is -0.124. The van der Waals surface area contributed by atoms with E-state index in [4.69, 9.17) is 4.74 Å². The quantitative estimate of drug-likeness (QED) is 0.244. The molecular formula is C33H58O2. The van der Waals surface area contributed by atoms with Crippen molar-refractivity contribution >= 4 is 5.78 Å². The molecule has 0 saturated heterocycles. The Balaban J connectivity index is 1.86. The van der Waals surface area contributed by atoms with Crippen molar-refractivity contribution in [2.75, 3.05) is 0 Å². The fourth-order valence-electron chi connectivity index (χ4n) is 6.59. The molecule has 1 aliphatic carbocycles. The number of ether oxygens (including phenoxy) is 1. The van der Waals surface area contributed by atoms with Gasteiger partial charge in [-0.25, -0.2) is 0 Å². The lowest BCUT2D eigenvalue weighted by Crippen LogP contribution is -2.42. The van der Waals surface area contributed by atoms with Gasteiger partial charge in [0.2, 0.25) is 0 Å². The Hall–Kier alpha value is -1.05. The van der Waals surface area contributed by atoms with E-state index in [1.54, 1.807) is 0 Å². The maximum Gasteiger partial charge on any atom is 0.169 e. The molecule has 0 N–H and O–H groups in total. The molecule has 0 amide bonds. The average molecular weight is 487 g/mol. The number of Topliss-reactive ketones (excluding diaryl/α,β-unsaturated/α-hetero) is 1. The first-order chi connectivity index (χ1) is 16.3. The van der Waals surface area contributed by atoms with E-state index in [0.717, 1.165) is 60.3 Å². The summed E-state index contributed by atoms with van der Waals surface area (Å²) in [5, 5.41) is 0. The van der Waals surface area contributed by atoms with Crippen molar-refractivity contribution in [3.63, 3.8) is 0 Å². The smallest absolute Gasteiger partial charge is 0.169 e. The predicted molar refractivity (Wildman–Crippen MR) is 151 cm³/mol. The molecule has 0 aromatic carbocycles. The third-order valence-corrected chi connectivity index (χ3v) is 9.03. The highest BCUT2D eigenvalue weighted by molar-refractivity contribution is 6.04. The molecule has 4 atom stereocenters. The van der Waals surface area contributed by atoms with E-state index in [1.165, 1.54) is 56.9 Å². The molecule has 0 saturated carbocycles. The minimum absolute atomic E-state index is 0.107. The number of rotatable bonds is 14. The van der Waals surface area contributed by atoms with Gasteiger partial charge in [-0.15, -0.1) is 0 Å². The maximum absolute atomic E-state index is 13.3. The second-order valence-corrected chi connectivity index (χ2v) is 13.7. The van der Waals surface area contributed by atoms with Crippen LogP contribution in [0.3, 0.4) is 0 Å². The highest BCUT2D eigenvalue weighted by Crippen LogP contribution is 2.51. The number of hydrogen-bond donors (Lipinski definition) is 0. The van der Waals surface area contributed by atoms with Gasteiger partial charge in [0, 0.05) is 0 Å². The number of ketones is 1. The van der Waals surface area contributed by atoms with E-state index in [0.29, 0.717) is 11.7 Å². The monoisotopic (exact) mass is 486 g/mol. The molecule has 1 heterocycles. The number of hydrogen-bond acceptors (Lipinski definition) is 2. The van der Waals surface area contributed by atoms with Gasteiger partial charge in [-0.3, -0.25) is 4.79 Å². The van der Waals surface area contributed by atoms with Crippen LogP contribution in [0.5, 0.6) is 0 Å². The molecule has 1 unspecified atom stereocenters. The predicted octanol–water partition coefficient (Wildman–Crippen LogP) is 10.2. The summed E-state index contributed by atoms with van der Waals surface area (Å²) < 4.78 is 6.80. The van der Waals surface area contributed by atoms with E-state index < -0.39 is 5.41 Å². The SMILES string of the molecule is CC1=C(C)C2=C(CC[C@@](C)(CCC[C@H](C)CCC[C@H](C)CCCC(C)C)O2)C(C)(CC(C)C)C1=O. The summed E-state index contributed by atoms with van der Waals surface area (Å²) in [5.74, 6) is 4.37. The second-order valence-electron chi connectivity index (χ2n) is 13.7. The zero-order valence-corrected chi connectivity index (χ0v) is 25.1. The van der Waals surface area contributed by atoms with Crippen molar-refractivity contribution in [1.29, 1.82) is 0 Å². The van der Waals surface area contributed by atoms with Gasteiger partial charge in [0.05, 0.1) is 5.41 Å². The average Bonchev–Trinajstić information content (AvgIpc) is 2.75. The molecule has 35 heavy (non-hydrogen) atoms. The fourth-order valence-corrected chi connectivity index (χ4v) is 6.59. The summed E-state index contributed by atoms with van der Waals surface area (Å²) >= 11 is 0. The Kier molecular flexibility index (Phi) is 11.2. The van der Waals surface area contributed by atoms with Crippen molar-refractivity contribution in [2.24, 2.45) is 29.1 Å². The third kappa shape index (κ3) is 8.22. The summed E-state index contributed by atoms with van der Waals surface area (Å²) in [6.07, 6.45) is 14.9. The molecule has 2 heteroatoms. The highest BCUT2D eigenvalue weighted by Gasteiger charge is 2.47. The minimum atomic E-state index is -0.394. The van der Waals surface area contributed by atoms with Crippen LogP contribution < -0.4 is 0 Å². The summed E-state index contributed by atoms with van der Waals surface area (Å²) in [5.41, 5.74) is 2.75. The summed E-state index contributed by atoms with van der Waals surface area (Å²) in [6, 6.07) is 0. The molecule has 0 aromatic heterocycles. The largest absolute Gasteiger partial charge is 0.487 e. The molecule has 0 bridgehead atoms. The van der Waals surface area contributed by atoms with Gasteiger partial charge in [-0.2, -0.15) is 0 Å². The fraction of sp³-hybridized carbons (Fsp3) is 0.848. The van der Waals surface area contributed by atoms with Crippen LogP contribution in [0, 0.1) is 29.1 Å². The molecular weight excluding hydrogens is 428 g/mol. The Morgan fingerprint density at radius 1 is 0.771 bits per heavy atom. The van der Waals surface area contributed by atoms with Crippen molar-refractivity contribution < 1.29 is 9.53 Å². The van der Waals surface area contributed by atoms with E-state index >= 15 is 0 Å². The Morgan fingerprint density at radius 2 is 1.31 bits per heavy atom. The van der Waals surface area contributed by atoms with Crippen molar-refractivity contribution in [1.82, 2.24) is 0 Å². The van der Waals surface area contributed by atoms with Crippen LogP contribution in [0.2, 0.25) is 0 Å². The minimum Gasteiger partial charge on any atom is -0.487 e. The summed E-state index contributed by atoms with van der Waals surface area (Å²) in [6.45, 7) is 22.6. The lowest BCUT2D eigenvalue weighted by Gasteiger charge is -2.46. The number of allylic oxidation sites excluding steroid dienone is 3. The van der Waals surface area contributed by atoms with Crippen LogP contribution in [-0.4, -0.2) is 11.4 Å². The second kappa shape index (κ2) is 13.0. The number of carbonyl (C=O) groups is 1. The maximum atomic E-state index is 13.3. The van der Waals surface area contributed by atoms with E-state index in [2.05, 4.69) is 62.3 Å². The number of carbonyl (C=O) groups excluding carboxylic acids is 1. The Labute approximate surface area is 218 Å². The first-order valence-electron chi connectivity index (χ1n) is 14.9. The van der Waals surface area contributed by atoms with Gasteiger partial charge in [-0.05, 0) is 100 Å². The molecule has 1 aliphatic heterocycles. The van der Waals surface area contributed by atoms with Crippen LogP contribution in [0.1, 0.15) is 146 Å². The van der Waals surface area contributed by atoms with Crippen molar-refractivity contribution in [3.8, 4) is 0 Å². The molecule has 2 aliphatic rings. The zero-order chi connectivity index (χ0) is 26.4. The normalized spacial score (nSPS) is 26.9. The topological polar surface area (TPSA) is 26.3 Å². The van der Waals surface area contributed by atoms with Crippen LogP contribution in [0.25, 0.3) is 0 Å². The van der Waals surface area contributed by atoms with Gasteiger partial charge in [0.25, 0.3) is 0 Å². The van der Waals surface area contributed by atoms with Gasteiger partial charge < -0.3 is 4.74 Å². The summed E-state index contributed by atoms with van der Waals surface area (Å²) in [7, 11) is 0. The zero-order valence-electron chi connectivity index (χ0n) is 25.1. The van der Waals surface area contributed by atoms with Crippen LogP contribution in [-0.2, 0) is 9.53 Å². The van der Waals surface area contributed by atoms with E-state index in [9.17, 15) is 4.79 Å². The highest BCUT2D eigenvalue weighted by atomic mass is 16.5. The molecule has 0 fully saturated rings. The van der Waals surface area contributed by atoms with E-state index in [1.807, 2.05) is 6.92 Å². The lowest BCUT2D eigenvalue weighted by atomic mass is 9.64. The first kappa shape index (κ1) is 30.2. The molecule has 2 nitrogen and oxygen atoms in total. The molecule has 2 rings (SSSR count). The molecule has 0 aromatic rings.